The van der Waals surface area contributed by atoms with Crippen LogP contribution in [0, 0.1) is 0 Å². The molecule has 0 radical (unpaired) electrons. The molecule has 3 aliphatic rings. The van der Waals surface area contributed by atoms with E-state index in [-0.39, 0.29) is 5.91 Å². The number of aromatic nitrogens is 1. The average Bonchev–Trinajstić information content (AvgIpc) is 3.32. The summed E-state index contributed by atoms with van der Waals surface area (Å²) < 4.78 is 5.27. The number of carbonyl (C=O) groups is 1. The molecule has 188 valence electrons. The van der Waals surface area contributed by atoms with Crippen molar-refractivity contribution in [3.8, 4) is 27.4 Å². The molecule has 1 saturated carbocycles. The first kappa shape index (κ1) is 23.6. The first-order valence-electron chi connectivity index (χ1n) is 13.1. The summed E-state index contributed by atoms with van der Waals surface area (Å²) in [7, 11) is 1.69. The Labute approximate surface area is 217 Å². The Morgan fingerprint density at radius 3 is 2.25 bits per heavy atom. The summed E-state index contributed by atoms with van der Waals surface area (Å²) in [6, 6.07) is 17.6. The lowest BCUT2D eigenvalue weighted by atomic mass is 9.91. The highest BCUT2D eigenvalue weighted by molar-refractivity contribution is 7.15. The molecule has 1 aliphatic carbocycles. The molecule has 0 spiro atoms. The monoisotopic (exact) mass is 502 g/mol. The summed E-state index contributed by atoms with van der Waals surface area (Å²) in [5.41, 5.74) is 4.71. The van der Waals surface area contributed by atoms with Crippen molar-refractivity contribution in [3.63, 3.8) is 0 Å². The Morgan fingerprint density at radius 1 is 0.944 bits per heavy atom. The van der Waals surface area contributed by atoms with Crippen LogP contribution in [0.4, 0.5) is 0 Å². The van der Waals surface area contributed by atoms with Gasteiger partial charge in [0.15, 0.2) is 0 Å². The fourth-order valence-electron chi connectivity index (χ4n) is 5.48. The number of methoxy groups -OCH3 is 1. The first-order valence-corrected chi connectivity index (χ1v) is 14.0. The number of thiazole rings is 1. The molecular formula is C29H34N4O2S. The lowest BCUT2D eigenvalue weighted by molar-refractivity contribution is -0.135. The molecule has 1 aromatic heterocycles. The molecule has 3 aromatic rings. The lowest BCUT2D eigenvalue weighted by Crippen LogP contribution is -2.55. The molecule has 2 aliphatic heterocycles. The van der Waals surface area contributed by atoms with Gasteiger partial charge in [-0.2, -0.15) is 0 Å². The third kappa shape index (κ3) is 4.92. The molecular weight excluding hydrogens is 468 g/mol. The van der Waals surface area contributed by atoms with Gasteiger partial charge >= 0.3 is 0 Å². The van der Waals surface area contributed by atoms with E-state index in [0.717, 1.165) is 68.1 Å². The predicted molar refractivity (Wildman–Crippen MR) is 144 cm³/mol. The van der Waals surface area contributed by atoms with Gasteiger partial charge in [-0.3, -0.25) is 14.6 Å². The van der Waals surface area contributed by atoms with E-state index in [4.69, 9.17) is 9.72 Å². The van der Waals surface area contributed by atoms with Gasteiger partial charge in [0.1, 0.15) is 10.8 Å². The average molecular weight is 503 g/mol. The molecule has 1 saturated heterocycles. The molecule has 2 aromatic carbocycles. The highest BCUT2D eigenvalue weighted by Gasteiger charge is 2.30. The van der Waals surface area contributed by atoms with Crippen molar-refractivity contribution in [2.24, 2.45) is 0 Å². The number of piperazine rings is 1. The van der Waals surface area contributed by atoms with Gasteiger partial charge in [-0.25, -0.2) is 4.98 Å². The number of ether oxygens (including phenoxy) is 1. The van der Waals surface area contributed by atoms with Crippen molar-refractivity contribution in [3.05, 3.63) is 59.1 Å². The molecule has 3 heterocycles. The Kier molecular flexibility index (Phi) is 6.78. The molecule has 0 unspecified atom stereocenters. The zero-order valence-corrected chi connectivity index (χ0v) is 21.8. The van der Waals surface area contributed by atoms with Gasteiger partial charge in [-0.1, -0.05) is 42.8 Å². The van der Waals surface area contributed by atoms with Crippen LogP contribution in [0.5, 0.6) is 5.75 Å². The quantitative estimate of drug-likeness (QED) is 0.495. The van der Waals surface area contributed by atoms with Crippen LogP contribution in [0.25, 0.3) is 21.7 Å². The maximum absolute atomic E-state index is 13.0. The van der Waals surface area contributed by atoms with E-state index >= 15 is 0 Å². The largest absolute Gasteiger partial charge is 0.497 e. The maximum Gasteiger partial charge on any atom is 0.236 e. The molecule has 0 bridgehead atoms. The number of hydrogen-bond acceptors (Lipinski definition) is 6. The van der Waals surface area contributed by atoms with Crippen LogP contribution < -0.4 is 4.74 Å². The highest BCUT2D eigenvalue weighted by Crippen LogP contribution is 2.33. The second kappa shape index (κ2) is 10.3. The smallest absolute Gasteiger partial charge is 0.236 e. The van der Waals surface area contributed by atoms with Gasteiger partial charge in [0.25, 0.3) is 0 Å². The second-order valence-corrected chi connectivity index (χ2v) is 11.2. The Balaban J connectivity index is 1.06. The minimum absolute atomic E-state index is 0.283. The fourth-order valence-corrected chi connectivity index (χ4v) is 6.63. The van der Waals surface area contributed by atoms with Gasteiger partial charge < -0.3 is 9.64 Å². The number of nitrogens with zero attached hydrogens (tertiary/aromatic N) is 4. The zero-order valence-electron chi connectivity index (χ0n) is 21.0. The first-order chi connectivity index (χ1) is 17.7. The number of amides is 1. The third-order valence-electron chi connectivity index (χ3n) is 7.98. The number of hydrogen-bond donors (Lipinski definition) is 0. The van der Waals surface area contributed by atoms with Gasteiger partial charge in [0, 0.05) is 62.2 Å². The van der Waals surface area contributed by atoms with Gasteiger partial charge in [0.2, 0.25) is 5.91 Å². The summed E-state index contributed by atoms with van der Waals surface area (Å²) in [4.78, 5) is 26.2. The SMILES string of the molecule is COc1ccc(-c2ccc(-c3nc4c(s3)CN(CC(=O)N3CCN(C5CCC5)CC3)CC4)cc2)cc1. The number of rotatable bonds is 6. The molecule has 7 heteroatoms. The molecule has 36 heavy (non-hydrogen) atoms. The van der Waals surface area contributed by atoms with E-state index < -0.39 is 0 Å². The standard InChI is InChI=1S/C29H34N4O2S/c1-35-25-11-9-22(10-12-25)21-5-7-23(8-6-21)29-30-26-13-14-31(19-27(26)36-29)20-28(34)33-17-15-32(16-18-33)24-3-2-4-24/h5-12,24H,2-4,13-20H2,1H3. The second-order valence-electron chi connectivity index (χ2n) is 10.2. The summed E-state index contributed by atoms with van der Waals surface area (Å²) in [5, 5.41) is 1.07. The van der Waals surface area contributed by atoms with Gasteiger partial charge in [-0.15, -0.1) is 11.3 Å². The number of benzene rings is 2. The fraction of sp³-hybridized carbons (Fsp3) is 0.448. The topological polar surface area (TPSA) is 48.9 Å². The molecule has 2 fully saturated rings. The minimum atomic E-state index is 0.283. The third-order valence-corrected chi connectivity index (χ3v) is 9.11. The Hall–Kier alpha value is -2.74. The van der Waals surface area contributed by atoms with Crippen LogP contribution in [0.2, 0.25) is 0 Å². The minimum Gasteiger partial charge on any atom is -0.497 e. The van der Waals surface area contributed by atoms with Crippen LogP contribution in [-0.2, 0) is 17.8 Å². The number of carbonyl (C=O) groups excluding carboxylic acids is 1. The van der Waals surface area contributed by atoms with E-state index in [1.807, 2.05) is 12.1 Å². The van der Waals surface area contributed by atoms with Crippen molar-refractivity contribution in [1.82, 2.24) is 19.7 Å². The molecule has 0 atom stereocenters. The molecule has 1 amide bonds. The van der Waals surface area contributed by atoms with Crippen molar-refractivity contribution < 1.29 is 9.53 Å². The summed E-state index contributed by atoms with van der Waals surface area (Å²) in [5.74, 6) is 1.15. The van der Waals surface area contributed by atoms with Gasteiger partial charge in [0.05, 0.1) is 19.3 Å². The van der Waals surface area contributed by atoms with Crippen molar-refractivity contribution >= 4 is 17.2 Å². The normalized spacial score (nSPS) is 19.1. The van der Waals surface area contributed by atoms with E-state index in [9.17, 15) is 4.79 Å². The summed E-state index contributed by atoms with van der Waals surface area (Å²) >= 11 is 1.77. The van der Waals surface area contributed by atoms with E-state index in [1.54, 1.807) is 18.4 Å². The summed E-state index contributed by atoms with van der Waals surface area (Å²) in [6.45, 7) is 6.08. The van der Waals surface area contributed by atoms with E-state index in [1.165, 1.54) is 41.0 Å². The van der Waals surface area contributed by atoms with Crippen LogP contribution in [0.1, 0.15) is 29.8 Å². The Bertz CT molecular complexity index is 1200. The van der Waals surface area contributed by atoms with Crippen molar-refractivity contribution in [1.29, 1.82) is 0 Å². The van der Waals surface area contributed by atoms with Crippen molar-refractivity contribution in [2.45, 2.75) is 38.3 Å². The Morgan fingerprint density at radius 2 is 1.61 bits per heavy atom. The predicted octanol–water partition coefficient (Wildman–Crippen LogP) is 4.54. The van der Waals surface area contributed by atoms with E-state index in [2.05, 4.69) is 51.1 Å². The molecule has 0 N–H and O–H groups in total. The van der Waals surface area contributed by atoms with Crippen LogP contribution in [0.15, 0.2) is 48.5 Å². The maximum atomic E-state index is 13.0. The summed E-state index contributed by atoms with van der Waals surface area (Å²) in [6.07, 6.45) is 4.97. The molecule has 6 nitrogen and oxygen atoms in total. The van der Waals surface area contributed by atoms with Crippen LogP contribution in [0.3, 0.4) is 0 Å². The van der Waals surface area contributed by atoms with Gasteiger partial charge in [-0.05, 0) is 36.1 Å². The van der Waals surface area contributed by atoms with Crippen LogP contribution >= 0.6 is 11.3 Å². The highest BCUT2D eigenvalue weighted by atomic mass is 32.1. The zero-order chi connectivity index (χ0) is 24.5. The number of fused-ring (bicyclic) bond motifs is 1. The van der Waals surface area contributed by atoms with E-state index in [0.29, 0.717) is 6.54 Å². The molecule has 6 rings (SSSR count). The lowest BCUT2D eigenvalue weighted by Gasteiger charge is -2.43. The van der Waals surface area contributed by atoms with Crippen molar-refractivity contribution in [2.75, 3.05) is 46.4 Å². The van der Waals surface area contributed by atoms with Crippen LogP contribution in [-0.4, -0.2) is 78.0 Å².